The van der Waals surface area contributed by atoms with Gasteiger partial charge in [-0.1, -0.05) is 30.3 Å². The van der Waals surface area contributed by atoms with E-state index < -0.39 is 5.60 Å². The molecule has 1 amide bonds. The molecule has 146 valence electrons. The lowest BCUT2D eigenvalue weighted by atomic mass is 9.85. The molecule has 1 N–H and O–H groups in total. The van der Waals surface area contributed by atoms with Crippen molar-refractivity contribution in [3.05, 3.63) is 77.8 Å². The van der Waals surface area contributed by atoms with Crippen LogP contribution in [-0.2, 0) is 6.42 Å². The molecule has 0 radical (unpaired) electrons. The van der Waals surface area contributed by atoms with Crippen LogP contribution in [0.4, 0.5) is 0 Å². The van der Waals surface area contributed by atoms with E-state index in [9.17, 15) is 9.90 Å². The summed E-state index contributed by atoms with van der Waals surface area (Å²) in [5.41, 5.74) is 2.03. The van der Waals surface area contributed by atoms with Crippen molar-refractivity contribution in [1.82, 2.24) is 9.88 Å². The number of likely N-dealkylation sites (tertiary alicyclic amines) is 1. The highest BCUT2D eigenvalue weighted by Gasteiger charge is 2.34. The number of nitriles is 1. The molecule has 6 heteroatoms. The van der Waals surface area contributed by atoms with Gasteiger partial charge in [-0.3, -0.25) is 4.79 Å². The number of nitrogens with zero attached hydrogens (tertiary/aromatic N) is 3. The minimum absolute atomic E-state index is 0.0718. The summed E-state index contributed by atoms with van der Waals surface area (Å²) >= 11 is 0. The summed E-state index contributed by atoms with van der Waals surface area (Å²) in [6, 6.07) is 16.7. The maximum absolute atomic E-state index is 13.1. The van der Waals surface area contributed by atoms with E-state index in [2.05, 4.69) is 11.1 Å². The van der Waals surface area contributed by atoms with Gasteiger partial charge in [-0.25, -0.2) is 4.98 Å². The van der Waals surface area contributed by atoms with Crippen molar-refractivity contribution in [2.75, 3.05) is 13.1 Å². The molecular formula is C23H21N3O3. The van der Waals surface area contributed by atoms with Crippen molar-refractivity contribution < 1.29 is 14.3 Å². The van der Waals surface area contributed by atoms with Gasteiger partial charge in [0.1, 0.15) is 0 Å². The predicted octanol–water partition coefficient (Wildman–Crippen LogP) is 3.42. The highest BCUT2D eigenvalue weighted by atomic mass is 16.3. The first-order valence-corrected chi connectivity index (χ1v) is 9.57. The first-order chi connectivity index (χ1) is 14.1. The number of amides is 1. The molecule has 1 saturated heterocycles. The van der Waals surface area contributed by atoms with Crippen molar-refractivity contribution in [3.8, 4) is 17.4 Å². The second-order valence-corrected chi connectivity index (χ2v) is 7.41. The van der Waals surface area contributed by atoms with E-state index in [-0.39, 0.29) is 5.91 Å². The SMILES string of the molecule is N#Cc1ccc(CC2(O)CCN(C(=O)c3ccccc3-c3cnco3)CC2)cc1. The topological polar surface area (TPSA) is 90.4 Å². The molecule has 1 aromatic heterocycles. The van der Waals surface area contributed by atoms with Crippen LogP contribution in [-0.4, -0.2) is 39.6 Å². The van der Waals surface area contributed by atoms with Gasteiger partial charge in [0.15, 0.2) is 12.2 Å². The van der Waals surface area contributed by atoms with Crippen molar-refractivity contribution in [3.63, 3.8) is 0 Å². The molecular weight excluding hydrogens is 366 g/mol. The van der Waals surface area contributed by atoms with Crippen LogP contribution in [0.3, 0.4) is 0 Å². The van der Waals surface area contributed by atoms with E-state index in [0.717, 1.165) is 5.56 Å². The van der Waals surface area contributed by atoms with Crippen molar-refractivity contribution >= 4 is 5.91 Å². The van der Waals surface area contributed by atoms with Crippen LogP contribution in [0.1, 0.15) is 34.3 Å². The number of rotatable bonds is 4. The van der Waals surface area contributed by atoms with Crippen LogP contribution in [0.25, 0.3) is 11.3 Å². The summed E-state index contributed by atoms with van der Waals surface area (Å²) in [7, 11) is 0. The van der Waals surface area contributed by atoms with E-state index in [0.29, 0.717) is 54.8 Å². The molecule has 4 rings (SSSR count). The van der Waals surface area contributed by atoms with Gasteiger partial charge in [0.25, 0.3) is 5.91 Å². The largest absolute Gasteiger partial charge is 0.443 e. The average Bonchev–Trinajstić information content (AvgIpc) is 3.29. The summed E-state index contributed by atoms with van der Waals surface area (Å²) in [4.78, 5) is 18.8. The Morgan fingerprint density at radius 2 is 1.90 bits per heavy atom. The molecule has 0 unspecified atom stereocenters. The first-order valence-electron chi connectivity index (χ1n) is 9.57. The Balaban J connectivity index is 1.44. The fraction of sp³-hybridized carbons (Fsp3) is 0.261. The number of oxazole rings is 1. The Bertz CT molecular complexity index is 1030. The maximum atomic E-state index is 13.1. The zero-order valence-electron chi connectivity index (χ0n) is 15.9. The lowest BCUT2D eigenvalue weighted by molar-refractivity contribution is -0.0162. The number of hydrogen-bond acceptors (Lipinski definition) is 5. The van der Waals surface area contributed by atoms with Crippen LogP contribution in [0.5, 0.6) is 0 Å². The predicted molar refractivity (Wildman–Crippen MR) is 107 cm³/mol. The smallest absolute Gasteiger partial charge is 0.254 e. The summed E-state index contributed by atoms with van der Waals surface area (Å²) in [6.07, 6.45) is 4.46. The minimum Gasteiger partial charge on any atom is -0.443 e. The van der Waals surface area contributed by atoms with Gasteiger partial charge in [0.05, 0.1) is 29.0 Å². The maximum Gasteiger partial charge on any atom is 0.254 e. The van der Waals surface area contributed by atoms with Gasteiger partial charge in [0.2, 0.25) is 0 Å². The average molecular weight is 387 g/mol. The normalized spacial score (nSPS) is 15.7. The van der Waals surface area contributed by atoms with Gasteiger partial charge in [0, 0.05) is 25.1 Å². The van der Waals surface area contributed by atoms with Gasteiger partial charge >= 0.3 is 0 Å². The number of hydrogen-bond donors (Lipinski definition) is 1. The third kappa shape index (κ3) is 4.05. The number of carbonyl (C=O) groups is 1. The molecule has 3 aromatic rings. The van der Waals surface area contributed by atoms with E-state index in [1.54, 1.807) is 29.3 Å². The van der Waals surface area contributed by atoms with E-state index >= 15 is 0 Å². The second-order valence-electron chi connectivity index (χ2n) is 7.41. The van der Waals surface area contributed by atoms with Gasteiger partial charge in [-0.15, -0.1) is 0 Å². The summed E-state index contributed by atoms with van der Waals surface area (Å²) in [5, 5.41) is 19.9. The van der Waals surface area contributed by atoms with Crippen molar-refractivity contribution in [2.24, 2.45) is 0 Å². The highest BCUT2D eigenvalue weighted by Crippen LogP contribution is 2.29. The first kappa shape index (κ1) is 18.9. The van der Waals surface area contributed by atoms with E-state index in [4.69, 9.17) is 9.68 Å². The molecule has 1 aliphatic rings. The Hall–Kier alpha value is -3.43. The third-order valence-electron chi connectivity index (χ3n) is 5.45. The summed E-state index contributed by atoms with van der Waals surface area (Å²) in [6.45, 7) is 0.965. The fourth-order valence-electron chi connectivity index (χ4n) is 3.78. The van der Waals surface area contributed by atoms with Crippen molar-refractivity contribution in [2.45, 2.75) is 24.9 Å². The molecule has 2 heterocycles. The number of aliphatic hydroxyl groups is 1. The number of carbonyl (C=O) groups excluding carboxylic acids is 1. The second kappa shape index (κ2) is 7.90. The van der Waals surface area contributed by atoms with Crippen LogP contribution in [0, 0.1) is 11.3 Å². The van der Waals surface area contributed by atoms with Crippen LogP contribution in [0.2, 0.25) is 0 Å². The van der Waals surface area contributed by atoms with Crippen LogP contribution in [0.15, 0.2) is 65.5 Å². The van der Waals surface area contributed by atoms with Gasteiger partial charge < -0.3 is 14.4 Å². The lowest BCUT2D eigenvalue weighted by Gasteiger charge is -2.38. The number of benzene rings is 2. The van der Waals surface area contributed by atoms with Crippen LogP contribution >= 0.6 is 0 Å². The molecule has 1 aliphatic heterocycles. The Morgan fingerprint density at radius 3 is 2.55 bits per heavy atom. The Morgan fingerprint density at radius 1 is 1.17 bits per heavy atom. The Labute approximate surface area is 169 Å². The Kier molecular flexibility index (Phi) is 5.15. The summed E-state index contributed by atoms with van der Waals surface area (Å²) in [5.74, 6) is 0.487. The standard InChI is InChI=1S/C23H21N3O3/c24-14-18-7-5-17(6-8-18)13-23(28)9-11-26(12-10-23)22(27)20-4-2-1-3-19(20)21-15-25-16-29-21/h1-8,15-16,28H,9-13H2. The molecule has 0 bridgehead atoms. The fourth-order valence-corrected chi connectivity index (χ4v) is 3.78. The lowest BCUT2D eigenvalue weighted by Crippen LogP contribution is -2.47. The van der Waals surface area contributed by atoms with Crippen LogP contribution < -0.4 is 0 Å². The quantitative estimate of drug-likeness (QED) is 0.741. The molecule has 2 aromatic carbocycles. The van der Waals surface area contributed by atoms with Gasteiger partial charge in [-0.2, -0.15) is 5.26 Å². The zero-order valence-corrected chi connectivity index (χ0v) is 15.9. The number of aromatic nitrogens is 1. The molecule has 29 heavy (non-hydrogen) atoms. The van der Waals surface area contributed by atoms with E-state index in [1.807, 2.05) is 30.3 Å². The molecule has 0 atom stereocenters. The third-order valence-corrected chi connectivity index (χ3v) is 5.45. The molecule has 0 saturated carbocycles. The minimum atomic E-state index is -0.852. The monoisotopic (exact) mass is 387 g/mol. The van der Waals surface area contributed by atoms with Crippen molar-refractivity contribution in [1.29, 1.82) is 5.26 Å². The van der Waals surface area contributed by atoms with E-state index in [1.165, 1.54) is 6.39 Å². The zero-order chi connectivity index (χ0) is 20.3. The number of piperidine rings is 1. The van der Waals surface area contributed by atoms with Gasteiger partial charge in [-0.05, 0) is 36.6 Å². The molecule has 0 spiro atoms. The highest BCUT2D eigenvalue weighted by molar-refractivity contribution is 6.00. The summed E-state index contributed by atoms with van der Waals surface area (Å²) < 4.78 is 5.37. The molecule has 1 fully saturated rings. The molecule has 6 nitrogen and oxygen atoms in total. The molecule has 0 aliphatic carbocycles.